The van der Waals surface area contributed by atoms with Gasteiger partial charge in [-0.05, 0) is 67.9 Å². The average molecular weight is 475 g/mol. The van der Waals surface area contributed by atoms with Crippen molar-refractivity contribution in [2.75, 3.05) is 5.32 Å². The van der Waals surface area contributed by atoms with E-state index in [1.807, 2.05) is 0 Å². The quantitative estimate of drug-likeness (QED) is 0.455. The van der Waals surface area contributed by atoms with E-state index in [0.29, 0.717) is 21.3 Å². The van der Waals surface area contributed by atoms with Gasteiger partial charge in [0.2, 0.25) is 0 Å². The van der Waals surface area contributed by atoms with Crippen LogP contribution in [-0.4, -0.2) is 23.9 Å². The SMILES string of the molecule is CC(OC(=O)c1ccc(NC(=O)c2ccco2)cc1)C(=O)NC(C)c1ccc(Cl)cc1Cl. The molecule has 2 aromatic carbocycles. The van der Waals surface area contributed by atoms with Gasteiger partial charge in [-0.3, -0.25) is 9.59 Å². The molecule has 166 valence electrons. The van der Waals surface area contributed by atoms with Crippen molar-refractivity contribution in [1.29, 1.82) is 0 Å². The molecule has 3 aromatic rings. The van der Waals surface area contributed by atoms with E-state index < -0.39 is 29.9 Å². The van der Waals surface area contributed by atoms with Gasteiger partial charge in [-0.2, -0.15) is 0 Å². The molecule has 0 saturated carbocycles. The number of furan rings is 1. The molecule has 0 aliphatic rings. The fourth-order valence-corrected chi connectivity index (χ4v) is 3.41. The maximum atomic E-state index is 12.4. The van der Waals surface area contributed by atoms with Crippen LogP contribution in [0.25, 0.3) is 0 Å². The van der Waals surface area contributed by atoms with Gasteiger partial charge in [0.15, 0.2) is 11.9 Å². The Hall–Kier alpha value is -3.29. The molecular weight excluding hydrogens is 455 g/mol. The van der Waals surface area contributed by atoms with Crippen molar-refractivity contribution in [2.45, 2.75) is 26.0 Å². The number of hydrogen-bond donors (Lipinski definition) is 2. The molecule has 0 fully saturated rings. The zero-order chi connectivity index (χ0) is 23.3. The third-order valence-corrected chi connectivity index (χ3v) is 5.13. The Balaban J connectivity index is 1.55. The smallest absolute Gasteiger partial charge is 0.338 e. The summed E-state index contributed by atoms with van der Waals surface area (Å²) in [4.78, 5) is 36.8. The molecule has 3 rings (SSSR count). The van der Waals surface area contributed by atoms with Crippen LogP contribution in [0.5, 0.6) is 0 Å². The summed E-state index contributed by atoms with van der Waals surface area (Å²) in [5.41, 5.74) is 1.40. The highest BCUT2D eigenvalue weighted by molar-refractivity contribution is 6.35. The van der Waals surface area contributed by atoms with Crippen LogP contribution in [0.3, 0.4) is 0 Å². The van der Waals surface area contributed by atoms with Crippen LogP contribution in [-0.2, 0) is 9.53 Å². The van der Waals surface area contributed by atoms with Crippen LogP contribution in [0.4, 0.5) is 5.69 Å². The zero-order valence-electron chi connectivity index (χ0n) is 17.2. The molecule has 0 aliphatic heterocycles. The molecule has 2 amide bonds. The Morgan fingerprint density at radius 2 is 1.72 bits per heavy atom. The third kappa shape index (κ3) is 5.90. The van der Waals surface area contributed by atoms with Gasteiger partial charge < -0.3 is 19.8 Å². The Morgan fingerprint density at radius 3 is 2.34 bits per heavy atom. The topological polar surface area (TPSA) is 97.6 Å². The van der Waals surface area contributed by atoms with Crippen LogP contribution in [0.1, 0.15) is 46.4 Å². The van der Waals surface area contributed by atoms with Crippen LogP contribution < -0.4 is 10.6 Å². The molecular formula is C23H20Cl2N2O5. The average Bonchev–Trinajstić information content (AvgIpc) is 3.29. The zero-order valence-corrected chi connectivity index (χ0v) is 18.7. The van der Waals surface area contributed by atoms with E-state index in [9.17, 15) is 14.4 Å². The van der Waals surface area contributed by atoms with Crippen molar-refractivity contribution < 1.29 is 23.5 Å². The van der Waals surface area contributed by atoms with Crippen molar-refractivity contribution in [2.24, 2.45) is 0 Å². The predicted molar refractivity (Wildman–Crippen MR) is 121 cm³/mol. The van der Waals surface area contributed by atoms with Gasteiger partial charge in [0.25, 0.3) is 11.8 Å². The van der Waals surface area contributed by atoms with Crippen molar-refractivity contribution in [3.8, 4) is 0 Å². The number of carbonyl (C=O) groups is 3. The number of amides is 2. The minimum Gasteiger partial charge on any atom is -0.459 e. The largest absolute Gasteiger partial charge is 0.459 e. The summed E-state index contributed by atoms with van der Waals surface area (Å²) in [6, 6.07) is 13.8. The fourth-order valence-electron chi connectivity index (χ4n) is 2.83. The van der Waals surface area contributed by atoms with Crippen LogP contribution in [0.15, 0.2) is 65.3 Å². The van der Waals surface area contributed by atoms with Crippen LogP contribution >= 0.6 is 23.2 Å². The Morgan fingerprint density at radius 1 is 1.00 bits per heavy atom. The molecule has 0 saturated heterocycles. The predicted octanol–water partition coefficient (Wildman–Crippen LogP) is 5.26. The van der Waals surface area contributed by atoms with Crippen molar-refractivity contribution in [1.82, 2.24) is 5.32 Å². The van der Waals surface area contributed by atoms with E-state index in [1.165, 1.54) is 31.4 Å². The number of halogens is 2. The van der Waals surface area contributed by atoms with E-state index in [2.05, 4.69) is 10.6 Å². The second-order valence-corrected chi connectivity index (χ2v) is 7.80. The molecule has 2 atom stereocenters. The number of anilines is 1. The molecule has 0 bridgehead atoms. The highest BCUT2D eigenvalue weighted by Crippen LogP contribution is 2.26. The van der Waals surface area contributed by atoms with Gasteiger partial charge >= 0.3 is 5.97 Å². The molecule has 7 nitrogen and oxygen atoms in total. The third-order valence-electron chi connectivity index (χ3n) is 4.56. The molecule has 0 spiro atoms. The number of benzene rings is 2. The molecule has 2 unspecified atom stereocenters. The lowest BCUT2D eigenvalue weighted by molar-refractivity contribution is -0.129. The van der Waals surface area contributed by atoms with Gasteiger partial charge in [-0.25, -0.2) is 4.79 Å². The summed E-state index contributed by atoms with van der Waals surface area (Å²) >= 11 is 12.1. The highest BCUT2D eigenvalue weighted by atomic mass is 35.5. The first kappa shape index (κ1) is 23.4. The standard InChI is InChI=1S/C23H20Cl2N2O5/c1-13(18-10-7-16(24)12-19(18)25)26-21(28)14(2)32-23(30)15-5-8-17(9-6-15)27-22(29)20-4-3-11-31-20/h3-14H,1-2H3,(H,26,28)(H,27,29). The minimum atomic E-state index is -1.03. The maximum Gasteiger partial charge on any atom is 0.338 e. The van der Waals surface area contributed by atoms with E-state index in [4.69, 9.17) is 32.4 Å². The van der Waals surface area contributed by atoms with Crippen LogP contribution in [0.2, 0.25) is 10.0 Å². The summed E-state index contributed by atoms with van der Waals surface area (Å²) in [7, 11) is 0. The van der Waals surface area contributed by atoms with Gasteiger partial charge in [0, 0.05) is 15.7 Å². The van der Waals surface area contributed by atoms with Crippen molar-refractivity contribution >= 4 is 46.7 Å². The summed E-state index contributed by atoms with van der Waals surface area (Å²) in [5, 5.41) is 6.32. The monoisotopic (exact) mass is 474 g/mol. The Labute approximate surface area is 194 Å². The Bertz CT molecular complexity index is 1110. The molecule has 0 radical (unpaired) electrons. The minimum absolute atomic E-state index is 0.169. The second kappa shape index (κ2) is 10.3. The van der Waals surface area contributed by atoms with Crippen molar-refractivity contribution in [3.05, 3.63) is 87.8 Å². The lowest BCUT2D eigenvalue weighted by atomic mass is 10.1. The lowest BCUT2D eigenvalue weighted by Crippen LogP contribution is -2.37. The second-order valence-electron chi connectivity index (χ2n) is 6.95. The number of ether oxygens (including phenoxy) is 1. The van der Waals surface area contributed by atoms with Gasteiger partial charge in [0.05, 0.1) is 17.9 Å². The first-order valence-electron chi connectivity index (χ1n) is 9.66. The molecule has 1 aromatic heterocycles. The van der Waals surface area contributed by atoms with Gasteiger partial charge in [0.1, 0.15) is 0 Å². The molecule has 1 heterocycles. The molecule has 0 aliphatic carbocycles. The van der Waals surface area contributed by atoms with Gasteiger partial charge in [-0.1, -0.05) is 29.3 Å². The first-order valence-corrected chi connectivity index (χ1v) is 10.4. The molecule has 32 heavy (non-hydrogen) atoms. The lowest BCUT2D eigenvalue weighted by Gasteiger charge is -2.19. The summed E-state index contributed by atoms with van der Waals surface area (Å²) in [6.45, 7) is 3.23. The summed E-state index contributed by atoms with van der Waals surface area (Å²) in [6.07, 6.45) is 0.366. The highest BCUT2D eigenvalue weighted by Gasteiger charge is 2.22. The van der Waals surface area contributed by atoms with E-state index in [0.717, 1.165) is 0 Å². The van der Waals surface area contributed by atoms with E-state index in [-0.39, 0.29) is 11.3 Å². The van der Waals surface area contributed by atoms with Crippen molar-refractivity contribution in [3.63, 3.8) is 0 Å². The maximum absolute atomic E-state index is 12.4. The Kier molecular flexibility index (Phi) is 7.56. The van der Waals surface area contributed by atoms with E-state index >= 15 is 0 Å². The number of nitrogens with one attached hydrogen (secondary N) is 2. The normalized spacial score (nSPS) is 12.5. The first-order chi connectivity index (χ1) is 15.2. The number of rotatable bonds is 7. The van der Waals surface area contributed by atoms with E-state index in [1.54, 1.807) is 43.3 Å². The summed E-state index contributed by atoms with van der Waals surface area (Å²) < 4.78 is 10.3. The molecule has 9 heteroatoms. The summed E-state index contributed by atoms with van der Waals surface area (Å²) in [5.74, 6) is -1.39. The van der Waals surface area contributed by atoms with Crippen LogP contribution in [0, 0.1) is 0 Å². The number of hydrogen-bond acceptors (Lipinski definition) is 5. The number of esters is 1. The number of carbonyl (C=O) groups excluding carboxylic acids is 3. The van der Waals surface area contributed by atoms with Gasteiger partial charge in [-0.15, -0.1) is 0 Å². The fraction of sp³-hybridized carbons (Fsp3) is 0.174. The molecule has 2 N–H and O–H groups in total.